The van der Waals surface area contributed by atoms with Gasteiger partial charge in [-0.25, -0.2) is 0 Å². The average molecular weight is 253 g/mol. The Morgan fingerprint density at radius 2 is 1.39 bits per heavy atom. The fraction of sp³-hybridized carbons (Fsp3) is 1.00. The van der Waals surface area contributed by atoms with Crippen molar-refractivity contribution >= 4 is 0 Å². The van der Waals surface area contributed by atoms with Crippen molar-refractivity contribution in [3.8, 4) is 0 Å². The van der Waals surface area contributed by atoms with Crippen molar-refractivity contribution in [3.63, 3.8) is 0 Å². The molecule has 1 heteroatoms. The molecule has 1 aliphatic rings. The van der Waals surface area contributed by atoms with Crippen molar-refractivity contribution in [1.29, 1.82) is 0 Å². The van der Waals surface area contributed by atoms with Crippen LogP contribution >= 0.6 is 0 Å². The van der Waals surface area contributed by atoms with Crippen molar-refractivity contribution in [3.05, 3.63) is 0 Å². The van der Waals surface area contributed by atoms with Crippen LogP contribution in [-0.2, 0) is 0 Å². The van der Waals surface area contributed by atoms with Crippen LogP contribution in [0.1, 0.15) is 97.8 Å². The molecule has 0 unspecified atom stereocenters. The van der Waals surface area contributed by atoms with E-state index in [1.165, 1.54) is 77.0 Å². The number of unbranched alkanes of at least 4 members (excludes halogenated alkanes) is 4. The molecule has 0 spiro atoms. The summed E-state index contributed by atoms with van der Waals surface area (Å²) in [7, 11) is 0. The smallest absolute Gasteiger partial charge is 0.0155 e. The highest BCUT2D eigenvalue weighted by Crippen LogP contribution is 2.27. The van der Waals surface area contributed by atoms with Crippen molar-refractivity contribution in [2.24, 2.45) is 0 Å². The van der Waals surface area contributed by atoms with Gasteiger partial charge in [-0.3, -0.25) is 0 Å². The molecular weight excluding hydrogens is 218 g/mol. The number of rotatable bonds is 10. The first kappa shape index (κ1) is 16.0. The monoisotopic (exact) mass is 253 g/mol. The van der Waals surface area contributed by atoms with Crippen molar-refractivity contribution in [2.75, 3.05) is 0 Å². The summed E-state index contributed by atoms with van der Waals surface area (Å²) in [6.45, 7) is 7.09. The molecule has 1 rings (SSSR count). The largest absolute Gasteiger partial charge is 0.309 e. The third-order valence-corrected chi connectivity index (χ3v) is 4.57. The lowest BCUT2D eigenvalue weighted by atomic mass is 9.87. The van der Waals surface area contributed by atoms with Crippen LogP contribution in [0.2, 0.25) is 0 Å². The van der Waals surface area contributed by atoms with E-state index in [1.54, 1.807) is 0 Å². The van der Waals surface area contributed by atoms with Crippen LogP contribution < -0.4 is 5.32 Å². The van der Waals surface area contributed by atoms with Gasteiger partial charge in [0, 0.05) is 11.6 Å². The predicted octanol–water partition coefficient (Wildman–Crippen LogP) is 5.44. The third kappa shape index (κ3) is 6.22. The van der Waals surface area contributed by atoms with E-state index < -0.39 is 0 Å². The second-order valence-corrected chi connectivity index (χ2v) is 6.60. The normalized spacial score (nSPS) is 17.5. The number of hydrogen-bond donors (Lipinski definition) is 1. The van der Waals surface area contributed by atoms with Crippen molar-refractivity contribution in [2.45, 2.75) is 109 Å². The van der Waals surface area contributed by atoms with E-state index >= 15 is 0 Å². The minimum atomic E-state index is 0.416. The third-order valence-electron chi connectivity index (χ3n) is 4.57. The fourth-order valence-corrected chi connectivity index (χ4v) is 3.36. The predicted molar refractivity (Wildman–Crippen MR) is 82.1 cm³/mol. The van der Waals surface area contributed by atoms with Gasteiger partial charge in [-0.15, -0.1) is 0 Å². The molecule has 0 bridgehead atoms. The van der Waals surface area contributed by atoms with Crippen LogP contribution in [0.15, 0.2) is 0 Å². The van der Waals surface area contributed by atoms with Gasteiger partial charge >= 0.3 is 0 Å². The lowest BCUT2D eigenvalue weighted by molar-refractivity contribution is 0.256. The maximum atomic E-state index is 4.01. The van der Waals surface area contributed by atoms with Gasteiger partial charge in [0.1, 0.15) is 0 Å². The van der Waals surface area contributed by atoms with Gasteiger partial charge < -0.3 is 5.32 Å². The molecule has 0 aromatic carbocycles. The minimum absolute atomic E-state index is 0.416. The first-order valence-electron chi connectivity index (χ1n) is 8.48. The molecule has 0 radical (unpaired) electrons. The van der Waals surface area contributed by atoms with Gasteiger partial charge in [0.15, 0.2) is 0 Å². The minimum Gasteiger partial charge on any atom is -0.309 e. The van der Waals surface area contributed by atoms with Gasteiger partial charge in [0.05, 0.1) is 0 Å². The van der Waals surface area contributed by atoms with Crippen LogP contribution in [-0.4, -0.2) is 11.6 Å². The Labute approximate surface area is 115 Å². The number of nitrogens with one attached hydrogen (secondary N) is 1. The molecule has 0 aromatic heterocycles. The second kappa shape index (κ2) is 8.96. The van der Waals surface area contributed by atoms with Crippen LogP contribution in [0.5, 0.6) is 0 Å². The van der Waals surface area contributed by atoms with E-state index in [2.05, 4.69) is 26.1 Å². The highest BCUT2D eigenvalue weighted by atomic mass is 15.0. The molecule has 0 saturated heterocycles. The van der Waals surface area contributed by atoms with Gasteiger partial charge in [-0.05, 0) is 32.6 Å². The highest BCUT2D eigenvalue weighted by Gasteiger charge is 2.27. The Bertz CT molecular complexity index is 184. The molecule has 0 aromatic rings. The summed E-state index contributed by atoms with van der Waals surface area (Å²) in [5.74, 6) is 0. The Kier molecular flexibility index (Phi) is 7.97. The van der Waals surface area contributed by atoms with Crippen LogP contribution in [0.3, 0.4) is 0 Å². The number of hydrogen-bond acceptors (Lipinski definition) is 1. The molecular formula is C17H35N. The fourth-order valence-electron chi connectivity index (χ4n) is 3.36. The Morgan fingerprint density at radius 3 is 1.83 bits per heavy atom. The molecule has 1 aliphatic carbocycles. The zero-order chi connectivity index (χ0) is 13.3. The van der Waals surface area contributed by atoms with E-state index in [-0.39, 0.29) is 0 Å². The summed E-state index contributed by atoms with van der Waals surface area (Å²) in [4.78, 5) is 0. The van der Waals surface area contributed by atoms with Gasteiger partial charge in [0.2, 0.25) is 0 Å². The first-order chi connectivity index (χ1) is 8.70. The van der Waals surface area contributed by atoms with Crippen LogP contribution in [0, 0.1) is 0 Å². The topological polar surface area (TPSA) is 12.0 Å². The summed E-state index contributed by atoms with van der Waals surface area (Å²) < 4.78 is 0. The zero-order valence-corrected chi connectivity index (χ0v) is 13.1. The molecule has 0 amide bonds. The molecule has 0 atom stereocenters. The van der Waals surface area contributed by atoms with Crippen LogP contribution in [0.25, 0.3) is 0 Å². The summed E-state index contributed by atoms with van der Waals surface area (Å²) in [5.41, 5.74) is 0.416. The van der Waals surface area contributed by atoms with Crippen molar-refractivity contribution in [1.82, 2.24) is 5.32 Å². The Balaban J connectivity index is 2.37. The molecule has 1 N–H and O–H groups in total. The van der Waals surface area contributed by atoms with E-state index in [1.807, 2.05) is 0 Å². The van der Waals surface area contributed by atoms with Crippen molar-refractivity contribution < 1.29 is 0 Å². The highest BCUT2D eigenvalue weighted by molar-refractivity contribution is 4.88. The van der Waals surface area contributed by atoms with Gasteiger partial charge in [-0.1, -0.05) is 65.2 Å². The van der Waals surface area contributed by atoms with Gasteiger partial charge in [-0.2, -0.15) is 0 Å². The molecule has 108 valence electrons. The molecule has 1 saturated carbocycles. The lowest BCUT2D eigenvalue weighted by Gasteiger charge is -2.34. The maximum Gasteiger partial charge on any atom is 0.0155 e. The zero-order valence-electron chi connectivity index (χ0n) is 13.1. The Morgan fingerprint density at radius 1 is 0.889 bits per heavy atom. The second-order valence-electron chi connectivity index (χ2n) is 6.60. The first-order valence-corrected chi connectivity index (χ1v) is 8.48. The van der Waals surface area contributed by atoms with E-state index in [0.29, 0.717) is 5.54 Å². The van der Waals surface area contributed by atoms with E-state index in [9.17, 15) is 0 Å². The van der Waals surface area contributed by atoms with Crippen LogP contribution in [0.4, 0.5) is 0 Å². The lowest BCUT2D eigenvalue weighted by Crippen LogP contribution is -2.47. The summed E-state index contributed by atoms with van der Waals surface area (Å²) in [6.07, 6.45) is 16.7. The Hall–Kier alpha value is -0.0400. The summed E-state index contributed by atoms with van der Waals surface area (Å²) in [6, 6.07) is 0.818. The van der Waals surface area contributed by atoms with Gasteiger partial charge in [0.25, 0.3) is 0 Å². The summed E-state index contributed by atoms with van der Waals surface area (Å²) >= 11 is 0. The standard InChI is InChI=1S/C17H35N/c1-4-6-10-14-17(3,15-11-7-5-2)18-16-12-8-9-13-16/h16,18H,4-15H2,1-3H3. The van der Waals surface area contributed by atoms with E-state index in [4.69, 9.17) is 0 Å². The quantitative estimate of drug-likeness (QED) is 0.511. The average Bonchev–Trinajstić information content (AvgIpc) is 2.82. The van der Waals surface area contributed by atoms with E-state index in [0.717, 1.165) is 6.04 Å². The molecule has 0 aliphatic heterocycles. The SMILES string of the molecule is CCCCCC(C)(CCCCC)NC1CCCC1. The summed E-state index contributed by atoms with van der Waals surface area (Å²) in [5, 5.41) is 4.01. The molecule has 18 heavy (non-hydrogen) atoms. The molecule has 1 nitrogen and oxygen atoms in total. The maximum absolute atomic E-state index is 4.01. The molecule has 0 heterocycles. The molecule has 1 fully saturated rings.